The Morgan fingerprint density at radius 1 is 1.50 bits per heavy atom. The molecule has 4 heteroatoms. The van der Waals surface area contributed by atoms with Gasteiger partial charge in [-0.3, -0.25) is 4.90 Å². The van der Waals surface area contributed by atoms with E-state index in [0.717, 1.165) is 38.0 Å². The molecule has 96 valence electrons. The minimum atomic E-state index is -0.177. The molecule has 1 unspecified atom stereocenters. The van der Waals surface area contributed by atoms with Crippen LogP contribution in [0.4, 0.5) is 4.39 Å². The first-order valence-electron chi connectivity index (χ1n) is 6.35. The zero-order valence-electron chi connectivity index (χ0n) is 10.4. The van der Waals surface area contributed by atoms with Gasteiger partial charge >= 0.3 is 0 Å². The normalized spacial score (nSPS) is 20.6. The summed E-state index contributed by atoms with van der Waals surface area (Å²) in [5.41, 5.74) is 1.01. The van der Waals surface area contributed by atoms with Crippen LogP contribution < -0.4 is 5.32 Å². The lowest BCUT2D eigenvalue weighted by atomic mass is 10.0. The highest BCUT2D eigenvalue weighted by Crippen LogP contribution is 2.14. The molecule has 1 fully saturated rings. The van der Waals surface area contributed by atoms with Gasteiger partial charge in [-0.15, -0.1) is 0 Å². The van der Waals surface area contributed by atoms with Crippen LogP contribution in [0.15, 0.2) is 24.3 Å². The van der Waals surface area contributed by atoms with Crippen LogP contribution >= 0.6 is 0 Å². The second kappa shape index (κ2) is 6.48. The summed E-state index contributed by atoms with van der Waals surface area (Å²) in [6.45, 7) is 3.15. The van der Waals surface area contributed by atoms with Crippen LogP contribution in [0.1, 0.15) is 18.4 Å². The number of nitriles is 1. The summed E-state index contributed by atoms with van der Waals surface area (Å²) >= 11 is 0. The van der Waals surface area contributed by atoms with Gasteiger partial charge in [-0.1, -0.05) is 12.1 Å². The van der Waals surface area contributed by atoms with Gasteiger partial charge in [0.2, 0.25) is 0 Å². The molecule has 0 aromatic heterocycles. The topological polar surface area (TPSA) is 39.1 Å². The average Bonchev–Trinajstić information content (AvgIpc) is 2.37. The van der Waals surface area contributed by atoms with Crippen LogP contribution in [0, 0.1) is 17.1 Å². The van der Waals surface area contributed by atoms with Gasteiger partial charge in [0, 0.05) is 19.1 Å². The molecule has 1 heterocycles. The SMILES string of the molecule is N#CCNC1CCCN(Cc2cccc(F)c2)C1. The highest BCUT2D eigenvalue weighted by molar-refractivity contribution is 5.16. The van der Waals surface area contributed by atoms with E-state index in [1.54, 1.807) is 12.1 Å². The fourth-order valence-electron chi connectivity index (χ4n) is 2.45. The van der Waals surface area contributed by atoms with Crippen molar-refractivity contribution in [1.82, 2.24) is 10.2 Å². The smallest absolute Gasteiger partial charge is 0.123 e. The number of halogens is 1. The van der Waals surface area contributed by atoms with Crippen LogP contribution in [0.3, 0.4) is 0 Å². The molecule has 0 bridgehead atoms. The zero-order chi connectivity index (χ0) is 12.8. The molecule has 1 N–H and O–H groups in total. The monoisotopic (exact) mass is 247 g/mol. The first-order chi connectivity index (χ1) is 8.78. The summed E-state index contributed by atoms with van der Waals surface area (Å²) in [5.74, 6) is -0.177. The van der Waals surface area contributed by atoms with E-state index in [1.807, 2.05) is 6.07 Å². The molecule has 0 saturated carbocycles. The van der Waals surface area contributed by atoms with Crippen LogP contribution in [-0.4, -0.2) is 30.6 Å². The van der Waals surface area contributed by atoms with Crippen molar-refractivity contribution >= 4 is 0 Å². The zero-order valence-corrected chi connectivity index (χ0v) is 10.4. The number of piperidine rings is 1. The molecule has 1 atom stereocenters. The Labute approximate surface area is 107 Å². The highest BCUT2D eigenvalue weighted by atomic mass is 19.1. The predicted molar refractivity (Wildman–Crippen MR) is 68.3 cm³/mol. The van der Waals surface area contributed by atoms with E-state index in [9.17, 15) is 4.39 Å². The molecule has 0 amide bonds. The van der Waals surface area contributed by atoms with E-state index in [0.29, 0.717) is 12.6 Å². The Kier molecular flexibility index (Phi) is 4.68. The molecule has 1 aliphatic heterocycles. The largest absolute Gasteiger partial charge is 0.300 e. The first-order valence-corrected chi connectivity index (χ1v) is 6.35. The van der Waals surface area contributed by atoms with Gasteiger partial charge in [0.1, 0.15) is 5.82 Å². The van der Waals surface area contributed by atoms with Gasteiger partial charge in [0.05, 0.1) is 12.6 Å². The number of likely N-dealkylation sites (tertiary alicyclic amines) is 1. The molecule has 1 saturated heterocycles. The van der Waals surface area contributed by atoms with E-state index in [4.69, 9.17) is 5.26 Å². The molecule has 1 aliphatic rings. The van der Waals surface area contributed by atoms with Crippen molar-refractivity contribution in [2.45, 2.75) is 25.4 Å². The number of hydrogen-bond acceptors (Lipinski definition) is 3. The maximum atomic E-state index is 13.1. The van der Waals surface area contributed by atoms with E-state index < -0.39 is 0 Å². The average molecular weight is 247 g/mol. The molecule has 0 spiro atoms. The van der Waals surface area contributed by atoms with Gasteiger partial charge in [-0.2, -0.15) is 5.26 Å². The molecular weight excluding hydrogens is 229 g/mol. The van der Waals surface area contributed by atoms with Crippen molar-refractivity contribution < 1.29 is 4.39 Å². The fourth-order valence-corrected chi connectivity index (χ4v) is 2.45. The number of hydrogen-bond donors (Lipinski definition) is 1. The maximum Gasteiger partial charge on any atom is 0.123 e. The lowest BCUT2D eigenvalue weighted by molar-refractivity contribution is 0.186. The lowest BCUT2D eigenvalue weighted by Gasteiger charge is -2.32. The predicted octanol–water partition coefficient (Wildman–Crippen LogP) is 1.90. The second-order valence-corrected chi connectivity index (χ2v) is 4.74. The minimum Gasteiger partial charge on any atom is -0.300 e. The van der Waals surface area contributed by atoms with Gasteiger partial charge in [0.25, 0.3) is 0 Å². The van der Waals surface area contributed by atoms with Gasteiger partial charge in [-0.05, 0) is 37.1 Å². The summed E-state index contributed by atoms with van der Waals surface area (Å²) in [6.07, 6.45) is 2.24. The van der Waals surface area contributed by atoms with Crippen molar-refractivity contribution in [3.8, 4) is 6.07 Å². The van der Waals surface area contributed by atoms with Crippen molar-refractivity contribution in [2.75, 3.05) is 19.6 Å². The van der Waals surface area contributed by atoms with Crippen molar-refractivity contribution in [3.63, 3.8) is 0 Å². The lowest BCUT2D eigenvalue weighted by Crippen LogP contribution is -2.45. The van der Waals surface area contributed by atoms with Gasteiger partial charge in [0.15, 0.2) is 0 Å². The minimum absolute atomic E-state index is 0.177. The Hall–Kier alpha value is -1.44. The first kappa shape index (κ1) is 13.0. The standard InChI is InChI=1S/C14H18FN3/c15-13-4-1-3-12(9-13)10-18-8-2-5-14(11-18)17-7-6-16/h1,3-4,9,14,17H,2,5,7-8,10-11H2. The molecule has 18 heavy (non-hydrogen) atoms. The number of nitrogens with one attached hydrogen (secondary N) is 1. The van der Waals surface area contributed by atoms with E-state index in [1.165, 1.54) is 6.07 Å². The number of nitrogens with zero attached hydrogens (tertiary/aromatic N) is 2. The third-order valence-electron chi connectivity index (χ3n) is 3.27. The summed E-state index contributed by atoms with van der Waals surface area (Å²) < 4.78 is 13.1. The summed E-state index contributed by atoms with van der Waals surface area (Å²) in [7, 11) is 0. The molecule has 2 rings (SSSR count). The van der Waals surface area contributed by atoms with Crippen LogP contribution in [0.5, 0.6) is 0 Å². The molecule has 0 radical (unpaired) electrons. The van der Waals surface area contributed by atoms with Crippen molar-refractivity contribution in [2.24, 2.45) is 0 Å². The summed E-state index contributed by atoms with van der Waals surface area (Å²) in [4.78, 5) is 2.31. The second-order valence-electron chi connectivity index (χ2n) is 4.74. The maximum absolute atomic E-state index is 13.1. The molecule has 1 aromatic carbocycles. The van der Waals surface area contributed by atoms with Gasteiger partial charge in [-0.25, -0.2) is 4.39 Å². The third kappa shape index (κ3) is 3.80. The Morgan fingerprint density at radius 2 is 2.39 bits per heavy atom. The third-order valence-corrected chi connectivity index (χ3v) is 3.27. The highest BCUT2D eigenvalue weighted by Gasteiger charge is 2.19. The van der Waals surface area contributed by atoms with Crippen LogP contribution in [-0.2, 0) is 6.54 Å². The van der Waals surface area contributed by atoms with E-state index in [2.05, 4.69) is 16.3 Å². The molecular formula is C14H18FN3. The fraction of sp³-hybridized carbons (Fsp3) is 0.500. The quantitative estimate of drug-likeness (QED) is 0.826. The van der Waals surface area contributed by atoms with Crippen LogP contribution in [0.2, 0.25) is 0 Å². The number of rotatable bonds is 4. The number of benzene rings is 1. The molecule has 3 nitrogen and oxygen atoms in total. The summed E-state index contributed by atoms with van der Waals surface area (Å²) in [5, 5.41) is 11.8. The van der Waals surface area contributed by atoms with Gasteiger partial charge < -0.3 is 5.32 Å². The van der Waals surface area contributed by atoms with E-state index >= 15 is 0 Å². The van der Waals surface area contributed by atoms with E-state index in [-0.39, 0.29) is 5.82 Å². The Balaban J connectivity index is 1.87. The Morgan fingerprint density at radius 3 is 3.17 bits per heavy atom. The van der Waals surface area contributed by atoms with Crippen molar-refractivity contribution in [3.05, 3.63) is 35.6 Å². The molecule has 0 aliphatic carbocycles. The molecule has 1 aromatic rings. The Bertz CT molecular complexity index is 427. The van der Waals surface area contributed by atoms with Crippen LogP contribution in [0.25, 0.3) is 0 Å². The summed E-state index contributed by atoms with van der Waals surface area (Å²) in [6, 6.07) is 9.25. The van der Waals surface area contributed by atoms with Crippen molar-refractivity contribution in [1.29, 1.82) is 5.26 Å².